The largest absolute Gasteiger partial charge is 0.356 e. The van der Waals surface area contributed by atoms with Crippen LogP contribution in [0.5, 0.6) is 0 Å². The Hall–Kier alpha value is -3.34. The zero-order valence-electron chi connectivity index (χ0n) is 20.4. The van der Waals surface area contributed by atoms with Gasteiger partial charge in [0.05, 0.1) is 5.69 Å². The maximum Gasteiger partial charge on any atom is 0.0668 e. The SMILES string of the molecule is C=C(NN)c1ccc(C)c(/N=C(\C)c2cc(NC(=C)c3cc(CC)cc(CC)c3)ccc2Cl)c1. The number of nitrogens with zero attached hydrogens (tertiary/aromatic N) is 1. The van der Waals surface area contributed by atoms with E-state index in [1.165, 1.54) is 11.1 Å². The topological polar surface area (TPSA) is 62.4 Å². The maximum absolute atomic E-state index is 6.56. The Morgan fingerprint density at radius 1 is 0.912 bits per heavy atom. The van der Waals surface area contributed by atoms with Gasteiger partial charge in [0.1, 0.15) is 0 Å². The van der Waals surface area contributed by atoms with Gasteiger partial charge in [-0.25, -0.2) is 0 Å². The third-order valence-electron chi connectivity index (χ3n) is 5.89. The predicted molar refractivity (Wildman–Crippen MR) is 149 cm³/mol. The maximum atomic E-state index is 6.56. The van der Waals surface area contributed by atoms with Crippen molar-refractivity contribution in [3.63, 3.8) is 0 Å². The summed E-state index contributed by atoms with van der Waals surface area (Å²) in [6.07, 6.45) is 1.98. The second-order valence-electron chi connectivity index (χ2n) is 8.36. The van der Waals surface area contributed by atoms with Gasteiger partial charge in [-0.2, -0.15) is 0 Å². The monoisotopic (exact) mass is 472 g/mol. The highest BCUT2D eigenvalue weighted by molar-refractivity contribution is 6.34. The number of aliphatic imine (C=N–C) groups is 1. The lowest BCUT2D eigenvalue weighted by molar-refractivity contribution is 0.995. The van der Waals surface area contributed by atoms with Crippen molar-refractivity contribution in [3.8, 4) is 0 Å². The molecule has 0 spiro atoms. The molecule has 3 aromatic rings. The summed E-state index contributed by atoms with van der Waals surface area (Å²) < 4.78 is 0. The van der Waals surface area contributed by atoms with Gasteiger partial charge in [-0.1, -0.05) is 56.8 Å². The summed E-state index contributed by atoms with van der Waals surface area (Å²) >= 11 is 6.56. The number of aryl methyl sites for hydroxylation is 3. The third kappa shape index (κ3) is 5.96. The van der Waals surface area contributed by atoms with Crippen LogP contribution in [0.4, 0.5) is 11.4 Å². The first kappa shape index (κ1) is 25.3. The van der Waals surface area contributed by atoms with Gasteiger partial charge in [-0.05, 0) is 85.3 Å². The zero-order valence-corrected chi connectivity index (χ0v) is 21.2. The molecule has 5 heteroatoms. The van der Waals surface area contributed by atoms with Crippen molar-refractivity contribution < 1.29 is 0 Å². The Bertz CT molecular complexity index is 1230. The van der Waals surface area contributed by atoms with Gasteiger partial charge >= 0.3 is 0 Å². The summed E-state index contributed by atoms with van der Waals surface area (Å²) in [6.45, 7) is 16.5. The summed E-state index contributed by atoms with van der Waals surface area (Å²) in [7, 11) is 0. The molecule has 0 atom stereocenters. The lowest BCUT2D eigenvalue weighted by Crippen LogP contribution is -2.18. The fraction of sp³-hybridized carbons (Fsp3) is 0.207. The van der Waals surface area contributed by atoms with E-state index in [2.05, 4.69) is 55.9 Å². The molecular weight excluding hydrogens is 440 g/mol. The smallest absolute Gasteiger partial charge is 0.0668 e. The number of halogens is 1. The fourth-order valence-corrected chi connectivity index (χ4v) is 3.97. The van der Waals surface area contributed by atoms with Crippen LogP contribution in [0.25, 0.3) is 11.4 Å². The molecule has 4 N–H and O–H groups in total. The van der Waals surface area contributed by atoms with Crippen molar-refractivity contribution >= 4 is 40.1 Å². The minimum atomic E-state index is 0.634. The highest BCUT2D eigenvalue weighted by atomic mass is 35.5. The molecule has 0 fully saturated rings. The second kappa shape index (κ2) is 11.2. The average Bonchev–Trinajstić information content (AvgIpc) is 2.85. The molecule has 0 aliphatic rings. The van der Waals surface area contributed by atoms with E-state index in [1.807, 2.05) is 50.2 Å². The minimum Gasteiger partial charge on any atom is -0.356 e. The van der Waals surface area contributed by atoms with E-state index in [-0.39, 0.29) is 0 Å². The van der Waals surface area contributed by atoms with E-state index < -0.39 is 0 Å². The Kier molecular flexibility index (Phi) is 8.32. The molecule has 3 rings (SSSR count). The van der Waals surface area contributed by atoms with Crippen LogP contribution in [0.15, 0.2) is 72.7 Å². The molecule has 0 aromatic heterocycles. The number of hydrogen-bond donors (Lipinski definition) is 3. The molecule has 0 aliphatic heterocycles. The molecule has 176 valence electrons. The van der Waals surface area contributed by atoms with E-state index in [0.717, 1.165) is 57.9 Å². The number of hydrogen-bond acceptors (Lipinski definition) is 4. The molecule has 0 saturated carbocycles. The fourth-order valence-electron chi connectivity index (χ4n) is 3.71. The van der Waals surface area contributed by atoms with Gasteiger partial charge in [0.2, 0.25) is 0 Å². The molecule has 0 amide bonds. The zero-order chi connectivity index (χ0) is 24.8. The molecule has 0 heterocycles. The molecule has 34 heavy (non-hydrogen) atoms. The Morgan fingerprint density at radius 3 is 2.21 bits per heavy atom. The van der Waals surface area contributed by atoms with Crippen LogP contribution < -0.4 is 16.6 Å². The lowest BCUT2D eigenvalue weighted by Gasteiger charge is -2.15. The van der Waals surface area contributed by atoms with Crippen molar-refractivity contribution in [2.24, 2.45) is 10.8 Å². The number of benzene rings is 3. The van der Waals surface area contributed by atoms with Gasteiger partial charge in [-0.15, -0.1) is 0 Å². The number of nitrogens with two attached hydrogens (primary N) is 1. The third-order valence-corrected chi connectivity index (χ3v) is 6.22. The summed E-state index contributed by atoms with van der Waals surface area (Å²) in [5.74, 6) is 5.52. The van der Waals surface area contributed by atoms with Crippen LogP contribution >= 0.6 is 11.6 Å². The van der Waals surface area contributed by atoms with Crippen LogP contribution in [0.3, 0.4) is 0 Å². The van der Waals surface area contributed by atoms with Crippen molar-refractivity contribution in [1.82, 2.24) is 5.43 Å². The normalized spacial score (nSPS) is 11.3. The molecule has 4 nitrogen and oxygen atoms in total. The first-order valence-electron chi connectivity index (χ1n) is 11.5. The molecule has 0 radical (unpaired) electrons. The Labute approximate surface area is 208 Å². The lowest BCUT2D eigenvalue weighted by atomic mass is 10.0. The first-order valence-corrected chi connectivity index (χ1v) is 11.8. The van der Waals surface area contributed by atoms with E-state index in [4.69, 9.17) is 22.4 Å². The van der Waals surface area contributed by atoms with Gasteiger partial charge in [0.15, 0.2) is 0 Å². The van der Waals surface area contributed by atoms with E-state index in [1.54, 1.807) is 0 Å². The number of hydrazine groups is 1. The molecule has 0 saturated heterocycles. The second-order valence-corrected chi connectivity index (χ2v) is 8.77. The molecule has 3 aromatic carbocycles. The minimum absolute atomic E-state index is 0.634. The predicted octanol–water partition coefficient (Wildman–Crippen LogP) is 7.43. The van der Waals surface area contributed by atoms with Crippen LogP contribution in [0.1, 0.15) is 54.2 Å². The van der Waals surface area contributed by atoms with Crippen molar-refractivity contribution in [2.75, 3.05) is 5.32 Å². The average molecular weight is 473 g/mol. The summed E-state index contributed by atoms with van der Waals surface area (Å²) in [5.41, 5.74) is 13.1. The first-order chi connectivity index (χ1) is 16.2. The van der Waals surface area contributed by atoms with Crippen molar-refractivity contribution in [3.05, 3.63) is 106 Å². The van der Waals surface area contributed by atoms with E-state index in [9.17, 15) is 0 Å². The van der Waals surface area contributed by atoms with Crippen LogP contribution in [0, 0.1) is 6.92 Å². The van der Waals surface area contributed by atoms with Crippen LogP contribution in [-0.4, -0.2) is 5.71 Å². The van der Waals surface area contributed by atoms with Gasteiger partial charge < -0.3 is 10.7 Å². The molecule has 0 bridgehead atoms. The highest BCUT2D eigenvalue weighted by Crippen LogP contribution is 2.28. The summed E-state index contributed by atoms with van der Waals surface area (Å²) in [5, 5.41) is 4.09. The summed E-state index contributed by atoms with van der Waals surface area (Å²) in [6, 6.07) is 18.4. The van der Waals surface area contributed by atoms with Crippen molar-refractivity contribution in [2.45, 2.75) is 40.5 Å². The van der Waals surface area contributed by atoms with Gasteiger partial charge in [0.25, 0.3) is 0 Å². The van der Waals surface area contributed by atoms with Gasteiger partial charge in [-0.3, -0.25) is 10.8 Å². The van der Waals surface area contributed by atoms with Gasteiger partial charge in [0, 0.05) is 38.9 Å². The van der Waals surface area contributed by atoms with Crippen molar-refractivity contribution in [1.29, 1.82) is 0 Å². The number of nitrogens with one attached hydrogen (secondary N) is 2. The summed E-state index contributed by atoms with van der Waals surface area (Å²) in [4.78, 5) is 4.86. The van der Waals surface area contributed by atoms with Crippen LogP contribution in [-0.2, 0) is 12.8 Å². The molecule has 0 unspecified atom stereocenters. The quantitative estimate of drug-likeness (QED) is 0.172. The number of rotatable bonds is 9. The Morgan fingerprint density at radius 2 is 1.59 bits per heavy atom. The Balaban J connectivity index is 1.91. The highest BCUT2D eigenvalue weighted by Gasteiger charge is 2.10. The molecule has 0 aliphatic carbocycles. The number of anilines is 1. The molecular formula is C29H33ClN4. The van der Waals surface area contributed by atoms with Crippen LogP contribution in [0.2, 0.25) is 5.02 Å². The van der Waals surface area contributed by atoms with E-state index >= 15 is 0 Å². The van der Waals surface area contributed by atoms with E-state index in [0.29, 0.717) is 10.7 Å². The standard InChI is InChI=1S/C29H33ClN4/c1-7-22-13-23(8-2)15-25(14-22)19(4)32-26-11-12-28(30)27(17-26)21(6)33-29-16-24(20(5)34-31)10-9-18(29)3/h9-17,32,34H,4-5,7-8,31H2,1-3,6H3/b33-21+.